The minimum atomic E-state index is -0.767. The lowest BCUT2D eigenvalue weighted by atomic mass is 9.74. The van der Waals surface area contributed by atoms with E-state index in [0.29, 0.717) is 42.5 Å². The summed E-state index contributed by atoms with van der Waals surface area (Å²) in [5.74, 6) is 0.797. The molecule has 0 unspecified atom stereocenters. The van der Waals surface area contributed by atoms with Crippen molar-refractivity contribution in [3.63, 3.8) is 0 Å². The van der Waals surface area contributed by atoms with E-state index in [9.17, 15) is 15.0 Å². The SMILES string of the molecule is CC(C)(C)N.CC(C)Cc1ccc(-c2nc(-c3ccc(CN4CCC(Cc5ccccn5)(C(=O)O)CC4)cc3)no2)cc1O. The lowest BCUT2D eigenvalue weighted by Crippen LogP contribution is -2.45. The zero-order valence-corrected chi connectivity index (χ0v) is 26.5. The quantitative estimate of drug-likeness (QED) is 0.201. The maximum Gasteiger partial charge on any atom is 0.310 e. The molecular formula is C35H45N5O4. The number of hydrogen-bond acceptors (Lipinski definition) is 8. The van der Waals surface area contributed by atoms with Crippen LogP contribution in [-0.2, 0) is 24.2 Å². The lowest BCUT2D eigenvalue weighted by molar-refractivity contribution is -0.152. The molecule has 1 saturated heterocycles. The number of nitrogens with two attached hydrogens (primary N) is 1. The van der Waals surface area contributed by atoms with E-state index in [0.717, 1.165) is 48.4 Å². The van der Waals surface area contributed by atoms with E-state index in [1.165, 1.54) is 0 Å². The Labute approximate surface area is 260 Å². The van der Waals surface area contributed by atoms with E-state index < -0.39 is 11.4 Å². The smallest absolute Gasteiger partial charge is 0.310 e. The average Bonchev–Trinajstić information content (AvgIpc) is 3.45. The highest BCUT2D eigenvalue weighted by Gasteiger charge is 2.41. The normalized spacial score (nSPS) is 15.1. The molecule has 234 valence electrons. The number of rotatable bonds is 9. The van der Waals surface area contributed by atoms with Crippen molar-refractivity contribution in [1.29, 1.82) is 0 Å². The first-order valence-corrected chi connectivity index (χ1v) is 15.2. The zero-order valence-electron chi connectivity index (χ0n) is 26.5. The van der Waals surface area contributed by atoms with Gasteiger partial charge in [0.2, 0.25) is 5.82 Å². The first-order valence-electron chi connectivity index (χ1n) is 15.2. The van der Waals surface area contributed by atoms with Gasteiger partial charge in [-0.05, 0) is 94.4 Å². The Morgan fingerprint density at radius 1 is 1.05 bits per heavy atom. The number of carboxylic acid groups (broad SMARTS) is 1. The summed E-state index contributed by atoms with van der Waals surface area (Å²) in [6, 6.07) is 19.2. The molecule has 5 rings (SSSR count). The first kappa shape index (κ1) is 32.8. The van der Waals surface area contributed by atoms with E-state index in [1.54, 1.807) is 12.3 Å². The molecular weight excluding hydrogens is 554 g/mol. The fraction of sp³-hybridized carbons (Fsp3) is 0.429. The molecule has 44 heavy (non-hydrogen) atoms. The molecule has 1 aliphatic heterocycles. The first-order chi connectivity index (χ1) is 20.8. The number of aromatic hydroxyl groups is 1. The summed E-state index contributed by atoms with van der Waals surface area (Å²) in [5, 5.41) is 24.5. The summed E-state index contributed by atoms with van der Waals surface area (Å²) in [4.78, 5) is 23.4. The number of aliphatic carboxylic acids is 1. The number of carbonyl (C=O) groups is 1. The van der Waals surface area contributed by atoms with E-state index in [2.05, 4.69) is 33.9 Å². The summed E-state index contributed by atoms with van der Waals surface area (Å²) in [5.41, 5.74) is 8.98. The largest absolute Gasteiger partial charge is 0.508 e. The summed E-state index contributed by atoms with van der Waals surface area (Å²) in [6.07, 6.45) is 4.17. The molecule has 9 heteroatoms. The zero-order chi connectivity index (χ0) is 31.9. The van der Waals surface area contributed by atoms with Gasteiger partial charge in [0, 0.05) is 41.5 Å². The summed E-state index contributed by atoms with van der Waals surface area (Å²) in [6.45, 7) is 12.3. The van der Waals surface area contributed by atoms with Crippen LogP contribution in [0.4, 0.5) is 0 Å². The number of nitrogens with zero attached hydrogens (tertiary/aromatic N) is 4. The summed E-state index contributed by atoms with van der Waals surface area (Å²) in [7, 11) is 0. The van der Waals surface area contributed by atoms with Crippen molar-refractivity contribution in [3.05, 3.63) is 83.7 Å². The van der Waals surface area contributed by atoms with Gasteiger partial charge in [0.15, 0.2) is 0 Å². The number of piperidine rings is 1. The molecule has 1 aliphatic rings. The number of likely N-dealkylation sites (tertiary alicyclic amines) is 1. The molecule has 2 aromatic carbocycles. The van der Waals surface area contributed by atoms with E-state index in [4.69, 9.17) is 10.3 Å². The molecule has 0 radical (unpaired) electrons. The van der Waals surface area contributed by atoms with Crippen LogP contribution in [0.2, 0.25) is 0 Å². The minimum Gasteiger partial charge on any atom is -0.508 e. The standard InChI is InChI=1S/C31H34N4O4.C4H11N/c1-21(2)17-24-10-11-25(18-27(24)36)29-33-28(34-39-29)23-8-6-22(7-9-23)20-35-15-12-31(13-16-35,30(37)38)19-26-5-3-4-14-32-26;1-4(2,3)5/h3-11,14,18,21,36H,12-13,15-17,19-20H2,1-2H3,(H,37,38);5H2,1-3H3. The topological polar surface area (TPSA) is 139 Å². The molecule has 9 nitrogen and oxygen atoms in total. The molecule has 0 saturated carbocycles. The fourth-order valence-electron chi connectivity index (χ4n) is 5.24. The Hall–Kier alpha value is -4.08. The molecule has 0 bridgehead atoms. The van der Waals surface area contributed by atoms with Gasteiger partial charge in [-0.25, -0.2) is 0 Å². The third-order valence-electron chi connectivity index (χ3n) is 7.52. The fourth-order valence-corrected chi connectivity index (χ4v) is 5.24. The number of benzene rings is 2. The second kappa shape index (κ2) is 14.1. The lowest BCUT2D eigenvalue weighted by Gasteiger charge is -2.38. The van der Waals surface area contributed by atoms with Crippen molar-refractivity contribution < 1.29 is 19.5 Å². The van der Waals surface area contributed by atoms with Crippen LogP contribution in [0, 0.1) is 11.3 Å². The van der Waals surface area contributed by atoms with Crippen LogP contribution in [0.15, 0.2) is 71.4 Å². The molecule has 4 aromatic rings. The number of carboxylic acids is 1. The van der Waals surface area contributed by atoms with Gasteiger partial charge >= 0.3 is 5.97 Å². The number of hydrogen-bond donors (Lipinski definition) is 3. The van der Waals surface area contributed by atoms with Crippen molar-refractivity contribution in [2.24, 2.45) is 17.1 Å². The van der Waals surface area contributed by atoms with Crippen LogP contribution < -0.4 is 5.73 Å². The van der Waals surface area contributed by atoms with Gasteiger partial charge in [-0.3, -0.25) is 14.7 Å². The Morgan fingerprint density at radius 2 is 1.70 bits per heavy atom. The third kappa shape index (κ3) is 9.21. The van der Waals surface area contributed by atoms with Gasteiger partial charge in [0.25, 0.3) is 5.89 Å². The van der Waals surface area contributed by atoms with Crippen LogP contribution >= 0.6 is 0 Å². The van der Waals surface area contributed by atoms with E-state index in [1.807, 2.05) is 75.4 Å². The van der Waals surface area contributed by atoms with E-state index in [-0.39, 0.29) is 11.3 Å². The Morgan fingerprint density at radius 3 is 2.27 bits per heavy atom. The summed E-state index contributed by atoms with van der Waals surface area (Å²) >= 11 is 0. The van der Waals surface area contributed by atoms with Crippen LogP contribution in [0.5, 0.6) is 5.75 Å². The highest BCUT2D eigenvalue weighted by molar-refractivity contribution is 5.75. The van der Waals surface area contributed by atoms with Crippen molar-refractivity contribution in [2.75, 3.05) is 13.1 Å². The molecule has 0 spiro atoms. The van der Waals surface area contributed by atoms with Gasteiger partial charge in [0.1, 0.15) is 5.75 Å². The number of aromatic nitrogens is 3. The molecule has 1 fully saturated rings. The van der Waals surface area contributed by atoms with Crippen molar-refractivity contribution >= 4 is 5.97 Å². The molecule has 0 aliphatic carbocycles. The number of phenols is 1. The van der Waals surface area contributed by atoms with Crippen LogP contribution in [0.1, 0.15) is 64.3 Å². The molecule has 0 atom stereocenters. The van der Waals surface area contributed by atoms with Crippen LogP contribution in [0.3, 0.4) is 0 Å². The third-order valence-corrected chi connectivity index (χ3v) is 7.52. The highest BCUT2D eigenvalue weighted by Crippen LogP contribution is 2.36. The van der Waals surface area contributed by atoms with Crippen molar-refractivity contribution in [2.45, 2.75) is 72.4 Å². The number of pyridine rings is 1. The highest BCUT2D eigenvalue weighted by atomic mass is 16.5. The molecule has 3 heterocycles. The van der Waals surface area contributed by atoms with Gasteiger partial charge < -0.3 is 20.5 Å². The molecule has 2 aromatic heterocycles. The average molecular weight is 600 g/mol. The predicted octanol–water partition coefficient (Wildman–Crippen LogP) is 6.36. The van der Waals surface area contributed by atoms with Gasteiger partial charge in [-0.1, -0.05) is 55.4 Å². The summed E-state index contributed by atoms with van der Waals surface area (Å²) < 4.78 is 5.48. The van der Waals surface area contributed by atoms with Gasteiger partial charge in [-0.2, -0.15) is 4.98 Å². The molecule has 0 amide bonds. The van der Waals surface area contributed by atoms with Crippen molar-refractivity contribution in [3.8, 4) is 28.6 Å². The second-order valence-corrected chi connectivity index (χ2v) is 13.3. The second-order valence-electron chi connectivity index (χ2n) is 13.3. The monoisotopic (exact) mass is 599 g/mol. The predicted molar refractivity (Wildman–Crippen MR) is 172 cm³/mol. The van der Waals surface area contributed by atoms with Crippen molar-refractivity contribution in [1.82, 2.24) is 20.0 Å². The van der Waals surface area contributed by atoms with Gasteiger partial charge in [-0.15, -0.1) is 0 Å². The maximum absolute atomic E-state index is 12.2. The minimum absolute atomic E-state index is 0. The Balaban J connectivity index is 0.000000818. The maximum atomic E-state index is 12.2. The van der Waals surface area contributed by atoms with Crippen LogP contribution in [0.25, 0.3) is 22.8 Å². The Bertz CT molecular complexity index is 1500. The number of phenolic OH excluding ortho intramolecular Hbond substituents is 1. The van der Waals surface area contributed by atoms with E-state index >= 15 is 0 Å². The molecule has 4 N–H and O–H groups in total. The van der Waals surface area contributed by atoms with Gasteiger partial charge in [0.05, 0.1) is 5.41 Å². The van der Waals surface area contributed by atoms with Crippen LogP contribution in [-0.4, -0.2) is 54.8 Å². The Kier molecular flexibility index (Phi) is 10.5.